The average molecular weight is 255 g/mol. The molecule has 3 heteroatoms. The van der Waals surface area contributed by atoms with Gasteiger partial charge >= 0.3 is 5.97 Å². The third-order valence-electron chi connectivity index (χ3n) is 4.71. The van der Waals surface area contributed by atoms with E-state index in [1.807, 2.05) is 23.7 Å². The molecule has 1 aliphatic heterocycles. The maximum atomic E-state index is 12.3. The second-order valence-electron chi connectivity index (χ2n) is 5.74. The van der Waals surface area contributed by atoms with E-state index in [0.29, 0.717) is 0 Å². The second-order valence-corrected chi connectivity index (χ2v) is 5.74. The Morgan fingerprint density at radius 1 is 1.16 bits per heavy atom. The predicted molar refractivity (Wildman–Crippen MR) is 73.1 cm³/mol. The number of benzene rings is 1. The molecular formula is C16H17NO2. The monoisotopic (exact) mass is 255 g/mol. The molecule has 0 atom stereocenters. The molecule has 3 nitrogen and oxygen atoms in total. The van der Waals surface area contributed by atoms with Gasteiger partial charge < -0.3 is 9.30 Å². The number of rotatable bonds is 0. The summed E-state index contributed by atoms with van der Waals surface area (Å²) in [5.41, 5.74) is 2.71. The minimum Gasteiger partial charge on any atom is -0.449 e. The van der Waals surface area contributed by atoms with Crippen LogP contribution in [0, 0.1) is 0 Å². The lowest BCUT2D eigenvalue weighted by atomic mass is 9.79. The molecule has 19 heavy (non-hydrogen) atoms. The highest BCUT2D eigenvalue weighted by Gasteiger charge is 2.49. The summed E-state index contributed by atoms with van der Waals surface area (Å²) in [5, 5.41) is 1.19. The number of carbonyl (C=O) groups is 1. The first-order valence-corrected chi connectivity index (χ1v) is 7.04. The van der Waals surface area contributed by atoms with Crippen molar-refractivity contribution >= 4 is 16.9 Å². The summed E-state index contributed by atoms with van der Waals surface area (Å²) in [5.74, 6) is -0.143. The van der Waals surface area contributed by atoms with Crippen LogP contribution in [0.1, 0.15) is 48.2 Å². The first kappa shape index (κ1) is 11.1. The standard InChI is InChI=1S/C16H17NO2/c1-17-12-8-4-3-7-11(12)13-14(17)15(18)19-16(13)9-5-2-6-10-16/h3-4,7-8H,2,5-6,9-10H2,1H3. The molecule has 1 fully saturated rings. The van der Waals surface area contributed by atoms with Crippen LogP contribution >= 0.6 is 0 Å². The molecule has 0 saturated heterocycles. The molecule has 2 aliphatic rings. The van der Waals surface area contributed by atoms with Gasteiger partial charge in [-0.15, -0.1) is 0 Å². The Bertz CT molecular complexity index is 677. The van der Waals surface area contributed by atoms with Gasteiger partial charge in [-0.3, -0.25) is 0 Å². The molecule has 1 saturated carbocycles. The highest BCUT2D eigenvalue weighted by atomic mass is 16.6. The number of ether oxygens (including phenoxy) is 1. The van der Waals surface area contributed by atoms with Crippen molar-refractivity contribution in [2.45, 2.75) is 37.7 Å². The molecule has 0 bridgehead atoms. The van der Waals surface area contributed by atoms with Crippen LogP contribution in [0.2, 0.25) is 0 Å². The van der Waals surface area contributed by atoms with Gasteiger partial charge in [-0.2, -0.15) is 0 Å². The first-order valence-electron chi connectivity index (χ1n) is 7.04. The number of para-hydroxylation sites is 1. The van der Waals surface area contributed by atoms with Crippen LogP contribution in [0.4, 0.5) is 0 Å². The van der Waals surface area contributed by atoms with E-state index in [9.17, 15) is 4.79 Å². The van der Waals surface area contributed by atoms with E-state index in [4.69, 9.17) is 4.74 Å². The van der Waals surface area contributed by atoms with E-state index in [0.717, 1.165) is 42.5 Å². The van der Waals surface area contributed by atoms with E-state index in [1.54, 1.807) is 0 Å². The molecule has 2 aromatic rings. The highest BCUT2D eigenvalue weighted by molar-refractivity contribution is 6.02. The van der Waals surface area contributed by atoms with Crippen molar-refractivity contribution in [1.29, 1.82) is 0 Å². The summed E-state index contributed by atoms with van der Waals surface area (Å²) >= 11 is 0. The Morgan fingerprint density at radius 3 is 2.68 bits per heavy atom. The van der Waals surface area contributed by atoms with Crippen molar-refractivity contribution in [1.82, 2.24) is 4.57 Å². The van der Waals surface area contributed by atoms with Crippen LogP contribution in [0.15, 0.2) is 24.3 Å². The van der Waals surface area contributed by atoms with Crippen LogP contribution in [0.25, 0.3) is 10.9 Å². The van der Waals surface area contributed by atoms with Gasteiger partial charge in [0.2, 0.25) is 0 Å². The topological polar surface area (TPSA) is 31.2 Å². The molecule has 1 spiro atoms. The Hall–Kier alpha value is -1.77. The smallest absolute Gasteiger partial charge is 0.356 e. The van der Waals surface area contributed by atoms with Gasteiger partial charge in [0.1, 0.15) is 11.3 Å². The van der Waals surface area contributed by atoms with Crippen LogP contribution in [-0.4, -0.2) is 10.5 Å². The van der Waals surface area contributed by atoms with Crippen molar-refractivity contribution in [3.63, 3.8) is 0 Å². The molecule has 0 amide bonds. The fourth-order valence-electron chi connectivity index (χ4n) is 3.85. The van der Waals surface area contributed by atoms with Crippen LogP contribution < -0.4 is 0 Å². The van der Waals surface area contributed by atoms with Gasteiger partial charge in [-0.05, 0) is 31.7 Å². The summed E-state index contributed by atoms with van der Waals surface area (Å²) in [6.45, 7) is 0. The van der Waals surface area contributed by atoms with Gasteiger partial charge in [-0.25, -0.2) is 4.79 Å². The Labute approximate surface area is 112 Å². The molecule has 2 heterocycles. The quantitative estimate of drug-likeness (QED) is 0.674. The van der Waals surface area contributed by atoms with Crippen LogP contribution in [0.5, 0.6) is 0 Å². The van der Waals surface area contributed by atoms with Crippen LogP contribution in [0.3, 0.4) is 0 Å². The lowest BCUT2D eigenvalue weighted by Gasteiger charge is -2.32. The number of aryl methyl sites for hydroxylation is 1. The number of esters is 1. The largest absolute Gasteiger partial charge is 0.449 e. The molecule has 0 N–H and O–H groups in total. The zero-order valence-corrected chi connectivity index (χ0v) is 11.1. The van der Waals surface area contributed by atoms with Gasteiger partial charge in [0.25, 0.3) is 0 Å². The summed E-state index contributed by atoms with van der Waals surface area (Å²) in [6, 6.07) is 8.27. The van der Waals surface area contributed by atoms with Crippen molar-refractivity contribution in [2.75, 3.05) is 0 Å². The third kappa shape index (κ3) is 1.30. The number of hydrogen-bond donors (Lipinski definition) is 0. The van der Waals surface area contributed by atoms with E-state index in [1.165, 1.54) is 11.8 Å². The zero-order valence-electron chi connectivity index (χ0n) is 11.1. The summed E-state index contributed by atoms with van der Waals surface area (Å²) in [6.07, 6.45) is 5.49. The fraction of sp³-hybridized carbons (Fsp3) is 0.438. The van der Waals surface area contributed by atoms with E-state index in [-0.39, 0.29) is 11.6 Å². The van der Waals surface area contributed by atoms with Crippen molar-refractivity contribution in [3.8, 4) is 0 Å². The first-order chi connectivity index (χ1) is 9.23. The summed E-state index contributed by atoms with van der Waals surface area (Å²) in [7, 11) is 1.96. The maximum absolute atomic E-state index is 12.3. The average Bonchev–Trinajstić information content (AvgIpc) is 2.88. The molecule has 0 unspecified atom stereocenters. The molecule has 1 aromatic carbocycles. The number of hydrogen-bond acceptors (Lipinski definition) is 2. The molecule has 98 valence electrons. The van der Waals surface area contributed by atoms with Crippen molar-refractivity contribution < 1.29 is 9.53 Å². The molecule has 4 rings (SSSR count). The number of fused-ring (bicyclic) bond motifs is 4. The highest BCUT2D eigenvalue weighted by Crippen LogP contribution is 2.50. The van der Waals surface area contributed by atoms with E-state index >= 15 is 0 Å². The molecule has 1 aliphatic carbocycles. The van der Waals surface area contributed by atoms with Gasteiger partial charge in [0.15, 0.2) is 0 Å². The van der Waals surface area contributed by atoms with Gasteiger partial charge in [-0.1, -0.05) is 24.6 Å². The third-order valence-corrected chi connectivity index (χ3v) is 4.71. The lowest BCUT2D eigenvalue weighted by Crippen LogP contribution is -2.29. The van der Waals surface area contributed by atoms with Crippen molar-refractivity contribution in [2.24, 2.45) is 7.05 Å². The number of carbonyl (C=O) groups excluding carboxylic acids is 1. The Morgan fingerprint density at radius 2 is 1.89 bits per heavy atom. The number of aromatic nitrogens is 1. The normalized spacial score (nSPS) is 20.8. The summed E-state index contributed by atoms with van der Waals surface area (Å²) < 4.78 is 7.83. The minimum absolute atomic E-state index is 0.143. The summed E-state index contributed by atoms with van der Waals surface area (Å²) in [4.78, 5) is 12.3. The fourth-order valence-corrected chi connectivity index (χ4v) is 3.85. The van der Waals surface area contributed by atoms with Crippen LogP contribution in [-0.2, 0) is 17.4 Å². The second kappa shape index (κ2) is 3.62. The van der Waals surface area contributed by atoms with Gasteiger partial charge in [0.05, 0.1) is 0 Å². The molecule has 0 radical (unpaired) electrons. The lowest BCUT2D eigenvalue weighted by molar-refractivity contribution is -0.0277. The number of nitrogens with zero attached hydrogens (tertiary/aromatic N) is 1. The molecule has 1 aromatic heterocycles. The van der Waals surface area contributed by atoms with Crippen molar-refractivity contribution in [3.05, 3.63) is 35.5 Å². The predicted octanol–water partition coefficient (Wildman–Crippen LogP) is 3.51. The minimum atomic E-state index is -0.342. The Balaban J connectivity index is 2.06. The Kier molecular flexibility index (Phi) is 2.12. The van der Waals surface area contributed by atoms with E-state index in [2.05, 4.69) is 12.1 Å². The maximum Gasteiger partial charge on any atom is 0.356 e. The van der Waals surface area contributed by atoms with Gasteiger partial charge in [0, 0.05) is 23.5 Å². The molecular weight excluding hydrogens is 238 g/mol. The SMILES string of the molecule is Cn1c2c(c3ccccc31)C1(CCCCC1)OC2=O. The van der Waals surface area contributed by atoms with E-state index < -0.39 is 0 Å². The zero-order chi connectivity index (χ0) is 13.0.